The molecular weight excluding hydrogens is 164 g/mol. The van der Waals surface area contributed by atoms with Gasteiger partial charge in [0.05, 0.1) is 12.7 Å². The van der Waals surface area contributed by atoms with E-state index < -0.39 is 0 Å². The molecule has 0 aromatic carbocycles. The van der Waals surface area contributed by atoms with Crippen LogP contribution in [0, 0.1) is 0 Å². The Morgan fingerprint density at radius 2 is 2.08 bits per heavy atom. The summed E-state index contributed by atoms with van der Waals surface area (Å²) in [6, 6.07) is 0.563. The Bertz CT molecular complexity index is 174. The van der Waals surface area contributed by atoms with Gasteiger partial charge in [-0.2, -0.15) is 0 Å². The van der Waals surface area contributed by atoms with Crippen LogP contribution in [0.3, 0.4) is 0 Å². The maximum atomic E-state index is 5.72. The lowest BCUT2D eigenvalue weighted by Crippen LogP contribution is -2.47. The predicted octanol–water partition coefficient (Wildman–Crippen LogP) is 0.457. The summed E-state index contributed by atoms with van der Waals surface area (Å²) in [6.07, 6.45) is 0.424. The van der Waals surface area contributed by atoms with E-state index in [0.717, 1.165) is 26.2 Å². The third-order valence-corrected chi connectivity index (χ3v) is 3.06. The molecule has 2 aliphatic heterocycles. The van der Waals surface area contributed by atoms with E-state index in [0.29, 0.717) is 12.1 Å². The summed E-state index contributed by atoms with van der Waals surface area (Å²) in [5.41, 5.74) is 0.280. The summed E-state index contributed by atoms with van der Waals surface area (Å²) in [7, 11) is 0. The largest absolute Gasteiger partial charge is 0.374 e. The number of hydrogen-bond acceptors (Lipinski definition) is 3. The van der Waals surface area contributed by atoms with E-state index in [1.807, 2.05) is 0 Å². The molecule has 0 aliphatic carbocycles. The maximum absolute atomic E-state index is 5.72. The first kappa shape index (κ1) is 9.44. The van der Waals surface area contributed by atoms with Crippen molar-refractivity contribution in [3.63, 3.8) is 0 Å². The predicted molar refractivity (Wildman–Crippen MR) is 52.9 cm³/mol. The van der Waals surface area contributed by atoms with Gasteiger partial charge < -0.3 is 10.1 Å². The Balaban J connectivity index is 1.99. The van der Waals surface area contributed by atoms with Gasteiger partial charge in [0.15, 0.2) is 0 Å². The zero-order valence-corrected chi connectivity index (χ0v) is 8.84. The fourth-order valence-electron chi connectivity index (χ4n) is 2.14. The van der Waals surface area contributed by atoms with Crippen molar-refractivity contribution in [2.24, 2.45) is 0 Å². The Kier molecular flexibility index (Phi) is 2.34. The maximum Gasteiger partial charge on any atom is 0.0867 e. The topological polar surface area (TPSA) is 24.5 Å². The van der Waals surface area contributed by atoms with E-state index in [1.165, 1.54) is 0 Å². The molecule has 0 radical (unpaired) electrons. The normalized spacial score (nSPS) is 36.2. The van der Waals surface area contributed by atoms with Crippen LogP contribution in [0.4, 0.5) is 0 Å². The monoisotopic (exact) mass is 184 g/mol. The Morgan fingerprint density at radius 1 is 1.31 bits per heavy atom. The van der Waals surface area contributed by atoms with E-state index in [4.69, 9.17) is 4.74 Å². The van der Waals surface area contributed by atoms with Crippen molar-refractivity contribution in [2.75, 3.05) is 26.2 Å². The lowest BCUT2D eigenvalue weighted by atomic mass is 10.1. The highest BCUT2D eigenvalue weighted by molar-refractivity contribution is 4.96. The summed E-state index contributed by atoms with van der Waals surface area (Å²) >= 11 is 0. The first-order valence-electron chi connectivity index (χ1n) is 5.17. The molecule has 2 fully saturated rings. The van der Waals surface area contributed by atoms with E-state index in [2.05, 4.69) is 31.0 Å². The van der Waals surface area contributed by atoms with Gasteiger partial charge in [-0.1, -0.05) is 0 Å². The minimum Gasteiger partial charge on any atom is -0.374 e. The van der Waals surface area contributed by atoms with Crippen molar-refractivity contribution in [1.82, 2.24) is 10.2 Å². The second-order valence-corrected chi connectivity index (χ2v) is 5.05. The number of nitrogens with zero attached hydrogens (tertiary/aromatic N) is 1. The lowest BCUT2D eigenvalue weighted by molar-refractivity contribution is 0.0145. The third kappa shape index (κ3) is 1.87. The van der Waals surface area contributed by atoms with Gasteiger partial charge in [-0.3, -0.25) is 4.90 Å². The second kappa shape index (κ2) is 3.23. The summed E-state index contributed by atoms with van der Waals surface area (Å²) in [6.45, 7) is 10.9. The van der Waals surface area contributed by atoms with Gasteiger partial charge in [0, 0.05) is 31.2 Å². The molecule has 2 saturated heterocycles. The number of fused-ring (bicyclic) bond motifs is 1. The second-order valence-electron chi connectivity index (χ2n) is 5.05. The van der Waals surface area contributed by atoms with E-state index in [-0.39, 0.29) is 5.54 Å². The Hall–Kier alpha value is -0.120. The summed E-state index contributed by atoms with van der Waals surface area (Å²) < 4.78 is 5.72. The molecule has 1 N–H and O–H groups in total. The van der Waals surface area contributed by atoms with E-state index >= 15 is 0 Å². The molecule has 0 aromatic rings. The van der Waals surface area contributed by atoms with Crippen molar-refractivity contribution >= 4 is 0 Å². The van der Waals surface area contributed by atoms with Crippen molar-refractivity contribution < 1.29 is 4.74 Å². The molecule has 0 amide bonds. The fourth-order valence-corrected chi connectivity index (χ4v) is 2.14. The van der Waals surface area contributed by atoms with Crippen LogP contribution in [0.2, 0.25) is 0 Å². The zero-order chi connectivity index (χ0) is 9.47. The third-order valence-electron chi connectivity index (χ3n) is 3.06. The van der Waals surface area contributed by atoms with Gasteiger partial charge in [-0.25, -0.2) is 0 Å². The lowest BCUT2D eigenvalue weighted by Gasteiger charge is -2.31. The highest BCUT2D eigenvalue weighted by Gasteiger charge is 2.39. The molecule has 2 aliphatic rings. The number of hydrogen-bond donors (Lipinski definition) is 1. The molecule has 2 atom stereocenters. The average molecular weight is 184 g/mol. The van der Waals surface area contributed by atoms with Gasteiger partial charge in [-0.05, 0) is 20.8 Å². The average Bonchev–Trinajstić information content (AvgIpc) is 2.45. The van der Waals surface area contributed by atoms with Gasteiger partial charge in [-0.15, -0.1) is 0 Å². The molecule has 13 heavy (non-hydrogen) atoms. The Morgan fingerprint density at radius 3 is 2.69 bits per heavy atom. The molecule has 2 rings (SSSR count). The fraction of sp³-hybridized carbons (Fsp3) is 1.00. The van der Waals surface area contributed by atoms with Crippen LogP contribution in [-0.4, -0.2) is 48.8 Å². The van der Waals surface area contributed by atoms with Gasteiger partial charge in [0.2, 0.25) is 0 Å². The summed E-state index contributed by atoms with van der Waals surface area (Å²) in [5.74, 6) is 0. The number of likely N-dealkylation sites (tertiary alicyclic amines) is 1. The molecule has 0 spiro atoms. The summed E-state index contributed by atoms with van der Waals surface area (Å²) in [4.78, 5) is 2.50. The quantitative estimate of drug-likeness (QED) is 0.592. The first-order chi connectivity index (χ1) is 6.07. The number of nitrogens with one attached hydrogen (secondary N) is 1. The molecule has 0 saturated carbocycles. The number of rotatable bonds is 0. The van der Waals surface area contributed by atoms with Crippen molar-refractivity contribution in [2.45, 2.75) is 38.5 Å². The molecule has 0 bridgehead atoms. The zero-order valence-electron chi connectivity index (χ0n) is 8.84. The van der Waals surface area contributed by atoms with Crippen LogP contribution < -0.4 is 5.32 Å². The molecular formula is C10H20N2O. The van der Waals surface area contributed by atoms with E-state index in [9.17, 15) is 0 Å². The van der Waals surface area contributed by atoms with Crippen molar-refractivity contribution in [1.29, 1.82) is 0 Å². The van der Waals surface area contributed by atoms with Crippen molar-refractivity contribution in [3.05, 3.63) is 0 Å². The molecule has 3 nitrogen and oxygen atoms in total. The molecule has 3 heteroatoms. The minimum atomic E-state index is 0.280. The van der Waals surface area contributed by atoms with Crippen LogP contribution in [0.5, 0.6) is 0 Å². The highest BCUT2D eigenvalue weighted by atomic mass is 16.5. The van der Waals surface area contributed by atoms with Crippen molar-refractivity contribution in [3.8, 4) is 0 Å². The minimum absolute atomic E-state index is 0.280. The first-order valence-corrected chi connectivity index (χ1v) is 5.17. The SMILES string of the molecule is CC(C)(C)N1C[C@H]2NCCO[C@@H]2C1. The van der Waals surface area contributed by atoms with Crippen LogP contribution in [0.1, 0.15) is 20.8 Å². The number of morpholine rings is 1. The molecule has 0 unspecified atom stereocenters. The van der Waals surface area contributed by atoms with Crippen LogP contribution in [0.15, 0.2) is 0 Å². The molecule has 2 heterocycles. The standard InChI is InChI=1S/C10H20N2O/c1-10(2,3)12-6-8-9(7-12)13-5-4-11-8/h8-9,11H,4-7H2,1-3H3/t8-,9-/m1/s1. The Labute approximate surface area is 80.4 Å². The highest BCUT2D eigenvalue weighted by Crippen LogP contribution is 2.23. The molecule has 76 valence electrons. The van der Waals surface area contributed by atoms with Gasteiger partial charge >= 0.3 is 0 Å². The smallest absolute Gasteiger partial charge is 0.0867 e. The molecule has 0 aromatic heterocycles. The van der Waals surface area contributed by atoms with Gasteiger partial charge in [0.1, 0.15) is 0 Å². The number of ether oxygens (including phenoxy) is 1. The van der Waals surface area contributed by atoms with Gasteiger partial charge in [0.25, 0.3) is 0 Å². The summed E-state index contributed by atoms with van der Waals surface area (Å²) in [5, 5.41) is 3.52. The van der Waals surface area contributed by atoms with Crippen LogP contribution in [0.25, 0.3) is 0 Å². The van der Waals surface area contributed by atoms with Crippen LogP contribution in [-0.2, 0) is 4.74 Å². The van der Waals surface area contributed by atoms with E-state index in [1.54, 1.807) is 0 Å². The van der Waals surface area contributed by atoms with Crippen LogP contribution >= 0.6 is 0 Å².